The van der Waals surface area contributed by atoms with Crippen LogP contribution in [0.1, 0.15) is 33.1 Å². The molecule has 64 valence electrons. The van der Waals surface area contributed by atoms with Gasteiger partial charge in [0.15, 0.2) is 0 Å². The highest BCUT2D eigenvalue weighted by molar-refractivity contribution is 8.84. The maximum absolute atomic E-state index is 5.22. The summed E-state index contributed by atoms with van der Waals surface area (Å²) in [5.41, 5.74) is 1.59. The molecule has 11 heavy (non-hydrogen) atoms. The first-order chi connectivity index (χ1) is 5.24. The summed E-state index contributed by atoms with van der Waals surface area (Å²) in [5, 5.41) is 2.99. The van der Waals surface area contributed by atoms with Crippen LogP contribution in [0.5, 0.6) is 0 Å². The molecule has 0 radical (unpaired) electrons. The second-order valence-corrected chi connectivity index (χ2v) is 7.82. The standard InChI is InChI=1S/C8H14S3/c1-3-4-5-8-6-11(9)10-7(8)2/h6-7H,3-5H2,1-2H3. The van der Waals surface area contributed by atoms with Gasteiger partial charge in [0, 0.05) is 5.25 Å². The Morgan fingerprint density at radius 2 is 2.45 bits per heavy atom. The van der Waals surface area contributed by atoms with Crippen LogP contribution in [-0.4, -0.2) is 5.25 Å². The van der Waals surface area contributed by atoms with E-state index in [0.29, 0.717) is 5.25 Å². The van der Waals surface area contributed by atoms with Gasteiger partial charge >= 0.3 is 0 Å². The number of unbranched alkanes of at least 4 members (excludes halogenated alkanes) is 1. The Kier molecular flexibility index (Phi) is 4.10. The van der Waals surface area contributed by atoms with Crippen molar-refractivity contribution in [2.75, 3.05) is 0 Å². The van der Waals surface area contributed by atoms with Crippen molar-refractivity contribution in [3.63, 3.8) is 0 Å². The van der Waals surface area contributed by atoms with Crippen molar-refractivity contribution in [1.29, 1.82) is 0 Å². The predicted octanol–water partition coefficient (Wildman–Crippen LogP) is 3.19. The van der Waals surface area contributed by atoms with E-state index < -0.39 is 0 Å². The summed E-state index contributed by atoms with van der Waals surface area (Å²) >= 11 is 5.22. The summed E-state index contributed by atoms with van der Waals surface area (Å²) in [7, 11) is 2.03. The van der Waals surface area contributed by atoms with E-state index in [4.69, 9.17) is 11.2 Å². The average Bonchev–Trinajstić information content (AvgIpc) is 2.26. The summed E-state index contributed by atoms with van der Waals surface area (Å²) in [5.74, 6) is 0. The Balaban J connectivity index is 2.43. The van der Waals surface area contributed by atoms with Crippen molar-refractivity contribution >= 4 is 30.5 Å². The van der Waals surface area contributed by atoms with E-state index in [1.807, 2.05) is 10.8 Å². The maximum atomic E-state index is 5.22. The minimum Gasteiger partial charge on any atom is -0.0779 e. The van der Waals surface area contributed by atoms with E-state index in [2.05, 4.69) is 19.3 Å². The maximum Gasteiger partial charge on any atom is 0.0346 e. The normalized spacial score (nSPS) is 30.5. The lowest BCUT2D eigenvalue weighted by Gasteiger charge is -2.05. The van der Waals surface area contributed by atoms with Crippen LogP contribution in [0.2, 0.25) is 0 Å². The lowest BCUT2D eigenvalue weighted by molar-refractivity contribution is 0.773. The Hall–Kier alpha value is 0.660. The zero-order valence-corrected chi connectivity index (χ0v) is 9.45. The molecule has 1 heterocycles. The fraction of sp³-hybridized carbons (Fsp3) is 0.750. The smallest absolute Gasteiger partial charge is 0.0346 e. The highest BCUT2D eigenvalue weighted by Gasteiger charge is 2.16. The Morgan fingerprint density at radius 3 is 2.91 bits per heavy atom. The van der Waals surface area contributed by atoms with Crippen LogP contribution in [0.4, 0.5) is 0 Å². The molecule has 0 aliphatic carbocycles. The zero-order chi connectivity index (χ0) is 8.27. The van der Waals surface area contributed by atoms with E-state index in [9.17, 15) is 0 Å². The zero-order valence-electron chi connectivity index (χ0n) is 7.00. The molecule has 2 atom stereocenters. The van der Waals surface area contributed by atoms with Gasteiger partial charge in [-0.2, -0.15) is 0 Å². The summed E-state index contributed by atoms with van der Waals surface area (Å²) < 4.78 is 0. The van der Waals surface area contributed by atoms with Crippen molar-refractivity contribution in [2.24, 2.45) is 0 Å². The topological polar surface area (TPSA) is 0 Å². The van der Waals surface area contributed by atoms with Crippen molar-refractivity contribution in [3.05, 3.63) is 11.0 Å². The molecule has 0 N–H and O–H groups in total. The summed E-state index contributed by atoms with van der Waals surface area (Å²) in [6, 6.07) is 0. The highest BCUT2D eigenvalue weighted by Crippen LogP contribution is 2.34. The van der Waals surface area contributed by atoms with E-state index in [0.717, 1.165) is 0 Å². The van der Waals surface area contributed by atoms with Gasteiger partial charge in [0.05, 0.1) is 0 Å². The van der Waals surface area contributed by atoms with Crippen LogP contribution in [-0.2, 0) is 19.7 Å². The van der Waals surface area contributed by atoms with E-state index >= 15 is 0 Å². The van der Waals surface area contributed by atoms with Gasteiger partial charge in [-0.1, -0.05) is 24.1 Å². The minimum atomic E-state index is 0.101. The number of rotatable bonds is 3. The van der Waals surface area contributed by atoms with Crippen LogP contribution < -0.4 is 0 Å². The fourth-order valence-electron chi connectivity index (χ4n) is 1.09. The first-order valence-electron chi connectivity index (χ1n) is 4.02. The van der Waals surface area contributed by atoms with Crippen molar-refractivity contribution in [2.45, 2.75) is 38.4 Å². The Labute approximate surface area is 79.8 Å². The van der Waals surface area contributed by atoms with Gasteiger partial charge in [0.1, 0.15) is 0 Å². The Bertz CT molecular complexity index is 184. The van der Waals surface area contributed by atoms with Crippen LogP contribution in [0.15, 0.2) is 11.0 Å². The van der Waals surface area contributed by atoms with Crippen LogP contribution >= 0.6 is 10.8 Å². The van der Waals surface area contributed by atoms with Crippen LogP contribution in [0.25, 0.3) is 0 Å². The molecule has 0 aromatic rings. The van der Waals surface area contributed by atoms with Gasteiger partial charge in [-0.15, -0.1) is 0 Å². The molecule has 0 nitrogen and oxygen atoms in total. The molecule has 3 heteroatoms. The number of hydrogen-bond donors (Lipinski definition) is 0. The van der Waals surface area contributed by atoms with E-state index in [1.165, 1.54) is 19.3 Å². The first kappa shape index (κ1) is 9.75. The second kappa shape index (κ2) is 4.63. The molecule has 1 rings (SSSR count). The monoisotopic (exact) mass is 206 g/mol. The van der Waals surface area contributed by atoms with Crippen LogP contribution in [0, 0.1) is 0 Å². The third-order valence-corrected chi connectivity index (χ3v) is 5.82. The molecule has 1 aliphatic heterocycles. The molecular formula is C8H14S3. The van der Waals surface area contributed by atoms with Gasteiger partial charge in [-0.05, 0) is 50.4 Å². The Morgan fingerprint density at radius 1 is 1.73 bits per heavy atom. The molecule has 0 amide bonds. The third kappa shape index (κ3) is 2.88. The molecule has 0 saturated carbocycles. The van der Waals surface area contributed by atoms with Gasteiger partial charge in [-0.25, -0.2) is 0 Å². The van der Waals surface area contributed by atoms with Crippen molar-refractivity contribution in [3.8, 4) is 0 Å². The molecule has 0 saturated heterocycles. The average molecular weight is 206 g/mol. The van der Waals surface area contributed by atoms with Gasteiger partial charge < -0.3 is 0 Å². The van der Waals surface area contributed by atoms with Gasteiger partial charge in [0.25, 0.3) is 0 Å². The molecular weight excluding hydrogens is 192 g/mol. The van der Waals surface area contributed by atoms with Gasteiger partial charge in [-0.3, -0.25) is 0 Å². The fourth-order valence-corrected chi connectivity index (χ4v) is 5.59. The summed E-state index contributed by atoms with van der Waals surface area (Å²) in [4.78, 5) is 0. The first-order valence-corrected chi connectivity index (χ1v) is 7.63. The predicted molar refractivity (Wildman–Crippen MR) is 59.4 cm³/mol. The molecule has 2 unspecified atom stereocenters. The van der Waals surface area contributed by atoms with Crippen LogP contribution in [0.3, 0.4) is 0 Å². The van der Waals surface area contributed by atoms with E-state index in [1.54, 1.807) is 5.57 Å². The number of hydrogen-bond acceptors (Lipinski definition) is 2. The van der Waals surface area contributed by atoms with Gasteiger partial charge in [0.2, 0.25) is 0 Å². The van der Waals surface area contributed by atoms with Crippen molar-refractivity contribution in [1.82, 2.24) is 0 Å². The largest absolute Gasteiger partial charge is 0.0779 e. The highest BCUT2D eigenvalue weighted by atomic mass is 33.3. The molecule has 0 aromatic heterocycles. The third-order valence-electron chi connectivity index (χ3n) is 1.83. The van der Waals surface area contributed by atoms with Crippen molar-refractivity contribution < 1.29 is 0 Å². The molecule has 0 spiro atoms. The SMILES string of the molecule is CCCCC1=CS(=S)SC1C. The molecule has 0 aromatic carbocycles. The molecule has 0 bridgehead atoms. The molecule has 0 fully saturated rings. The minimum absolute atomic E-state index is 0.101. The van der Waals surface area contributed by atoms with E-state index in [-0.39, 0.29) is 8.49 Å². The molecule has 1 aliphatic rings. The lowest BCUT2D eigenvalue weighted by Crippen LogP contribution is -1.95. The summed E-state index contributed by atoms with van der Waals surface area (Å²) in [6.07, 6.45) is 3.88. The second-order valence-electron chi connectivity index (χ2n) is 2.80. The summed E-state index contributed by atoms with van der Waals surface area (Å²) in [6.45, 7) is 4.51. The quantitative estimate of drug-likeness (QED) is 0.651. The lowest BCUT2D eigenvalue weighted by atomic mass is 10.1.